The molecule has 1 aliphatic rings. The minimum atomic E-state index is 0. The Bertz CT molecular complexity index is 681. The van der Waals surface area contributed by atoms with Crippen LogP contribution in [0.4, 0.5) is 0 Å². The van der Waals surface area contributed by atoms with Crippen molar-refractivity contribution in [2.45, 2.75) is 45.7 Å². The fraction of sp³-hybridized carbons (Fsp3) is 0.636. The molecule has 170 valence electrons. The minimum absolute atomic E-state index is 0. The van der Waals surface area contributed by atoms with E-state index < -0.39 is 0 Å². The van der Waals surface area contributed by atoms with Gasteiger partial charge in [0, 0.05) is 39.1 Å². The molecular formula is C22H38IN5O2. The van der Waals surface area contributed by atoms with Gasteiger partial charge < -0.3 is 20.3 Å². The third-order valence-electron chi connectivity index (χ3n) is 5.60. The van der Waals surface area contributed by atoms with E-state index in [0.717, 1.165) is 50.9 Å². The Morgan fingerprint density at radius 1 is 1.33 bits per heavy atom. The van der Waals surface area contributed by atoms with E-state index >= 15 is 0 Å². The molecule has 7 nitrogen and oxygen atoms in total. The fourth-order valence-corrected chi connectivity index (χ4v) is 3.88. The number of benzene rings is 1. The molecule has 2 atom stereocenters. The zero-order valence-electron chi connectivity index (χ0n) is 19.0. The quantitative estimate of drug-likeness (QED) is 0.292. The van der Waals surface area contributed by atoms with Gasteiger partial charge in [-0.3, -0.25) is 14.7 Å². The van der Waals surface area contributed by atoms with Gasteiger partial charge in [-0.25, -0.2) is 0 Å². The molecule has 1 amide bonds. The van der Waals surface area contributed by atoms with Crippen LogP contribution in [0.25, 0.3) is 0 Å². The molecule has 0 aromatic heterocycles. The van der Waals surface area contributed by atoms with E-state index in [1.165, 1.54) is 5.56 Å². The van der Waals surface area contributed by atoms with Crippen LogP contribution in [-0.4, -0.2) is 74.6 Å². The highest BCUT2D eigenvalue weighted by atomic mass is 127. The summed E-state index contributed by atoms with van der Waals surface area (Å²) in [7, 11) is 3.49. The summed E-state index contributed by atoms with van der Waals surface area (Å²) >= 11 is 0. The number of halogens is 1. The first-order valence-electron chi connectivity index (χ1n) is 10.7. The number of guanidine groups is 1. The molecule has 0 aliphatic carbocycles. The molecule has 1 fully saturated rings. The van der Waals surface area contributed by atoms with Crippen LogP contribution in [0.5, 0.6) is 5.75 Å². The van der Waals surface area contributed by atoms with Crippen LogP contribution < -0.4 is 15.4 Å². The smallest absolute Gasteiger partial charge is 0.222 e. The zero-order valence-corrected chi connectivity index (χ0v) is 21.3. The Hall–Kier alpha value is -1.55. The van der Waals surface area contributed by atoms with E-state index in [0.29, 0.717) is 6.42 Å². The summed E-state index contributed by atoms with van der Waals surface area (Å²) in [6, 6.07) is 8.71. The van der Waals surface area contributed by atoms with Crippen LogP contribution in [0.3, 0.4) is 0 Å². The number of ether oxygens (including phenoxy) is 1. The highest BCUT2D eigenvalue weighted by Crippen LogP contribution is 2.23. The van der Waals surface area contributed by atoms with Gasteiger partial charge in [-0.2, -0.15) is 0 Å². The number of rotatable bonds is 9. The van der Waals surface area contributed by atoms with Gasteiger partial charge in [0.15, 0.2) is 5.96 Å². The van der Waals surface area contributed by atoms with Crippen molar-refractivity contribution in [2.24, 2.45) is 4.99 Å². The molecule has 2 N–H and O–H groups in total. The largest absolute Gasteiger partial charge is 0.497 e. The second-order valence-electron chi connectivity index (χ2n) is 7.29. The molecule has 8 heteroatoms. The number of amides is 1. The predicted octanol–water partition coefficient (Wildman–Crippen LogP) is 2.87. The maximum absolute atomic E-state index is 11.9. The Morgan fingerprint density at radius 3 is 2.67 bits per heavy atom. The maximum Gasteiger partial charge on any atom is 0.222 e. The van der Waals surface area contributed by atoms with Crippen molar-refractivity contribution in [1.82, 2.24) is 20.4 Å². The van der Waals surface area contributed by atoms with E-state index in [4.69, 9.17) is 4.74 Å². The van der Waals surface area contributed by atoms with Gasteiger partial charge in [-0.15, -0.1) is 24.0 Å². The predicted molar refractivity (Wildman–Crippen MR) is 134 cm³/mol. The molecule has 1 heterocycles. The monoisotopic (exact) mass is 531 g/mol. The molecule has 2 rings (SSSR count). The second kappa shape index (κ2) is 13.7. The van der Waals surface area contributed by atoms with Crippen molar-refractivity contribution in [2.75, 3.05) is 46.9 Å². The van der Waals surface area contributed by atoms with Crippen LogP contribution in [0.1, 0.15) is 45.2 Å². The van der Waals surface area contributed by atoms with Crippen LogP contribution in [0.2, 0.25) is 0 Å². The number of hydrogen-bond acceptors (Lipinski definition) is 4. The van der Waals surface area contributed by atoms with Gasteiger partial charge in [0.05, 0.1) is 13.2 Å². The van der Waals surface area contributed by atoms with Crippen molar-refractivity contribution in [3.63, 3.8) is 0 Å². The average Bonchev–Trinajstić information content (AvgIpc) is 3.23. The second-order valence-corrected chi connectivity index (χ2v) is 7.29. The highest BCUT2D eigenvalue weighted by Gasteiger charge is 2.26. The summed E-state index contributed by atoms with van der Waals surface area (Å²) in [5, 5.41) is 6.97. The Kier molecular flexibility index (Phi) is 12.1. The number of carbonyl (C=O) groups excluding carboxylic acids is 1. The summed E-state index contributed by atoms with van der Waals surface area (Å²) < 4.78 is 5.42. The molecule has 1 saturated heterocycles. The summed E-state index contributed by atoms with van der Waals surface area (Å²) in [6.07, 6.45) is 1.51. The van der Waals surface area contributed by atoms with E-state index in [9.17, 15) is 4.79 Å². The van der Waals surface area contributed by atoms with Gasteiger partial charge in [0.1, 0.15) is 5.75 Å². The number of carbonyl (C=O) groups is 1. The number of hydrogen-bond donors (Lipinski definition) is 2. The number of aliphatic imine (C=N–C) groups is 1. The standard InChI is InChI=1S/C22H37N5O2.HI/c1-6-21(28)27-13-12-18(16-27)25-22(23-4)24-15-20(26(7-2)8-3)17-10-9-11-19(14-17)29-5;/h9-11,14,18,20H,6-8,12-13,15-16H2,1-5H3,(H2,23,24,25);1H. The Labute approximate surface area is 198 Å². The summed E-state index contributed by atoms with van der Waals surface area (Å²) in [6.45, 7) is 10.5. The van der Waals surface area contributed by atoms with Crippen molar-refractivity contribution in [3.05, 3.63) is 29.8 Å². The van der Waals surface area contributed by atoms with E-state index in [-0.39, 0.29) is 42.0 Å². The van der Waals surface area contributed by atoms with Crippen LogP contribution in [-0.2, 0) is 4.79 Å². The summed E-state index contributed by atoms with van der Waals surface area (Å²) in [5.74, 6) is 1.87. The lowest BCUT2D eigenvalue weighted by atomic mass is 10.0. The first-order valence-corrected chi connectivity index (χ1v) is 10.7. The molecule has 30 heavy (non-hydrogen) atoms. The van der Waals surface area contributed by atoms with Crippen LogP contribution in [0.15, 0.2) is 29.3 Å². The normalized spacial score (nSPS) is 17.5. The van der Waals surface area contributed by atoms with Crippen LogP contribution >= 0.6 is 24.0 Å². The van der Waals surface area contributed by atoms with Gasteiger partial charge in [0.2, 0.25) is 5.91 Å². The third kappa shape index (κ3) is 7.30. The van der Waals surface area contributed by atoms with Crippen molar-refractivity contribution < 1.29 is 9.53 Å². The number of nitrogens with zero attached hydrogens (tertiary/aromatic N) is 3. The molecular weight excluding hydrogens is 493 g/mol. The third-order valence-corrected chi connectivity index (χ3v) is 5.60. The Balaban J connectivity index is 0.00000450. The molecule has 0 bridgehead atoms. The van der Waals surface area contributed by atoms with Gasteiger partial charge >= 0.3 is 0 Å². The van der Waals surface area contributed by atoms with Crippen LogP contribution in [0, 0.1) is 0 Å². The highest BCUT2D eigenvalue weighted by molar-refractivity contribution is 14.0. The van der Waals surface area contributed by atoms with Crippen molar-refractivity contribution in [3.8, 4) is 5.75 Å². The fourth-order valence-electron chi connectivity index (χ4n) is 3.88. The summed E-state index contributed by atoms with van der Waals surface area (Å²) in [4.78, 5) is 20.7. The minimum Gasteiger partial charge on any atom is -0.497 e. The van der Waals surface area contributed by atoms with Crippen molar-refractivity contribution in [1.29, 1.82) is 0 Å². The number of nitrogens with one attached hydrogen (secondary N) is 2. The molecule has 1 aromatic rings. The maximum atomic E-state index is 11.9. The number of likely N-dealkylation sites (tertiary alicyclic amines) is 1. The average molecular weight is 531 g/mol. The van der Waals surface area contributed by atoms with E-state index in [2.05, 4.69) is 46.5 Å². The number of methoxy groups -OCH3 is 1. The lowest BCUT2D eigenvalue weighted by Crippen LogP contribution is -2.47. The number of likely N-dealkylation sites (N-methyl/N-ethyl adjacent to an activating group) is 1. The van der Waals surface area contributed by atoms with Gasteiger partial charge in [0.25, 0.3) is 0 Å². The van der Waals surface area contributed by atoms with Gasteiger partial charge in [-0.05, 0) is 37.2 Å². The van der Waals surface area contributed by atoms with Gasteiger partial charge in [-0.1, -0.05) is 32.9 Å². The Morgan fingerprint density at radius 2 is 2.07 bits per heavy atom. The van der Waals surface area contributed by atoms with E-state index in [1.54, 1.807) is 14.2 Å². The first-order chi connectivity index (χ1) is 14.1. The molecule has 0 radical (unpaired) electrons. The molecule has 2 unspecified atom stereocenters. The lowest BCUT2D eigenvalue weighted by Gasteiger charge is -2.31. The topological polar surface area (TPSA) is 69.2 Å². The first kappa shape index (κ1) is 26.5. The molecule has 0 saturated carbocycles. The molecule has 1 aliphatic heterocycles. The van der Waals surface area contributed by atoms with E-state index in [1.807, 2.05) is 24.0 Å². The molecule has 0 spiro atoms. The molecule has 1 aromatic carbocycles. The lowest BCUT2D eigenvalue weighted by molar-refractivity contribution is -0.129. The zero-order chi connectivity index (χ0) is 21.2. The SMILES string of the molecule is CCC(=O)N1CCC(NC(=NC)NCC(c2cccc(OC)c2)N(CC)CC)C1.I. The summed E-state index contributed by atoms with van der Waals surface area (Å²) in [5.41, 5.74) is 1.22. The van der Waals surface area contributed by atoms with Crippen molar-refractivity contribution >= 4 is 35.8 Å².